The van der Waals surface area contributed by atoms with Crippen LogP contribution >= 0.6 is 0 Å². The summed E-state index contributed by atoms with van der Waals surface area (Å²) in [5.41, 5.74) is 0.312. The van der Waals surface area contributed by atoms with Gasteiger partial charge in [-0.05, 0) is 37.3 Å². The van der Waals surface area contributed by atoms with E-state index in [4.69, 9.17) is 9.47 Å². The van der Waals surface area contributed by atoms with E-state index in [1.165, 1.54) is 51.5 Å². The smallest absolute Gasteiger partial charge is 0.337 e. The predicted molar refractivity (Wildman–Crippen MR) is 117 cm³/mol. The molecule has 1 aliphatic heterocycles. The van der Waals surface area contributed by atoms with E-state index in [1.54, 1.807) is 6.07 Å². The lowest BCUT2D eigenvalue weighted by atomic mass is 10.1. The van der Waals surface area contributed by atoms with Crippen molar-refractivity contribution in [2.24, 2.45) is 0 Å². The quantitative estimate of drug-likeness (QED) is 0.563. The van der Waals surface area contributed by atoms with Gasteiger partial charge in [-0.2, -0.15) is 0 Å². The van der Waals surface area contributed by atoms with Gasteiger partial charge in [-0.25, -0.2) is 18.0 Å². The minimum atomic E-state index is -3.84. The Morgan fingerprint density at radius 1 is 0.970 bits per heavy atom. The van der Waals surface area contributed by atoms with Gasteiger partial charge in [-0.1, -0.05) is 0 Å². The lowest BCUT2D eigenvalue weighted by Gasteiger charge is -2.23. The Morgan fingerprint density at radius 3 is 2.15 bits per heavy atom. The van der Waals surface area contributed by atoms with Crippen molar-refractivity contribution in [2.75, 3.05) is 42.9 Å². The summed E-state index contributed by atoms with van der Waals surface area (Å²) in [5.74, 6) is -1.59. The van der Waals surface area contributed by atoms with Crippen LogP contribution in [0.3, 0.4) is 0 Å². The van der Waals surface area contributed by atoms with E-state index in [0.717, 1.165) is 4.31 Å². The second kappa shape index (κ2) is 9.77. The number of rotatable bonds is 8. The second-order valence-electron chi connectivity index (χ2n) is 6.78. The third-order valence-corrected chi connectivity index (χ3v) is 6.43. The summed E-state index contributed by atoms with van der Waals surface area (Å²) in [6, 6.07) is 8.38. The fourth-order valence-electron chi connectivity index (χ4n) is 3.05. The molecule has 0 aliphatic carbocycles. The lowest BCUT2D eigenvalue weighted by Crippen LogP contribution is -2.39. The van der Waals surface area contributed by atoms with Crippen molar-refractivity contribution in [3.8, 4) is 11.5 Å². The van der Waals surface area contributed by atoms with Crippen LogP contribution < -0.4 is 19.1 Å². The normalized spacial score (nSPS) is 12.1. The minimum absolute atomic E-state index is 0.00417. The molecule has 0 fully saturated rings. The Labute approximate surface area is 190 Å². The zero-order chi connectivity index (χ0) is 24.2. The molecule has 1 N–H and O–H groups in total. The number of nitrogens with zero attached hydrogens (tertiary/aromatic N) is 1. The first-order chi connectivity index (χ1) is 15.7. The summed E-state index contributed by atoms with van der Waals surface area (Å²) >= 11 is 0. The zero-order valence-electron chi connectivity index (χ0n) is 18.1. The second-order valence-corrected chi connectivity index (χ2v) is 8.96. The Bertz CT molecular complexity index is 1160. The molecule has 0 saturated carbocycles. The van der Waals surface area contributed by atoms with Crippen molar-refractivity contribution in [3.05, 3.63) is 47.5 Å². The molecule has 0 aromatic heterocycles. The van der Waals surface area contributed by atoms with Gasteiger partial charge in [0.25, 0.3) is 0 Å². The molecular formula is C21H22N2O9S. The van der Waals surface area contributed by atoms with Gasteiger partial charge >= 0.3 is 11.9 Å². The fraction of sp³-hybridized carbons (Fsp3) is 0.286. The van der Waals surface area contributed by atoms with Crippen LogP contribution in [0, 0.1) is 0 Å². The van der Waals surface area contributed by atoms with Gasteiger partial charge in [0.15, 0.2) is 11.5 Å². The summed E-state index contributed by atoms with van der Waals surface area (Å²) in [6.07, 6.45) is 0. The van der Waals surface area contributed by atoms with Gasteiger partial charge in [-0.3, -0.25) is 9.10 Å². The molecule has 176 valence electrons. The van der Waals surface area contributed by atoms with Crippen LogP contribution in [0.4, 0.5) is 11.4 Å². The van der Waals surface area contributed by atoms with Gasteiger partial charge in [0.05, 0.1) is 36.8 Å². The highest BCUT2D eigenvalue weighted by atomic mass is 32.2. The highest BCUT2D eigenvalue weighted by Gasteiger charge is 2.26. The minimum Gasteiger partial charge on any atom is -0.465 e. The van der Waals surface area contributed by atoms with Gasteiger partial charge in [-0.15, -0.1) is 0 Å². The molecule has 2 aromatic rings. The van der Waals surface area contributed by atoms with E-state index >= 15 is 0 Å². The van der Waals surface area contributed by atoms with E-state index < -0.39 is 34.4 Å². The van der Waals surface area contributed by atoms with Crippen molar-refractivity contribution in [3.63, 3.8) is 0 Å². The number of sulfonamides is 1. The number of hydrogen-bond acceptors (Lipinski definition) is 9. The lowest BCUT2D eigenvalue weighted by molar-refractivity contribution is -0.114. The molecular weight excluding hydrogens is 456 g/mol. The number of esters is 2. The fourth-order valence-corrected chi connectivity index (χ4v) is 4.11. The number of amides is 1. The molecule has 1 heterocycles. The average molecular weight is 478 g/mol. The molecule has 0 spiro atoms. The number of hydrogen-bond donors (Lipinski definition) is 1. The molecule has 0 radical (unpaired) electrons. The summed E-state index contributed by atoms with van der Waals surface area (Å²) in [5, 5.41) is 2.51. The number of benzene rings is 2. The standard InChI is InChI=1S/C21H22N2O9S/c1-4-33(27,28)23(16-5-6-17-18(10-16)32-12-31-17)11-19(24)22-15-8-13(20(25)29-2)7-14(9-15)21(26)30-3/h5-10H,4,11-12H2,1-3H3,(H,22,24). The SMILES string of the molecule is CCS(=O)(=O)N(CC(=O)Nc1cc(C(=O)OC)cc(C(=O)OC)c1)c1ccc2c(c1)OCO2. The van der Waals surface area contributed by atoms with Crippen molar-refractivity contribution < 1.29 is 41.7 Å². The maximum atomic E-state index is 12.8. The van der Waals surface area contributed by atoms with Crippen LogP contribution in [0.2, 0.25) is 0 Å². The molecule has 12 heteroatoms. The monoisotopic (exact) mass is 478 g/mol. The largest absolute Gasteiger partial charge is 0.465 e. The van der Waals surface area contributed by atoms with Crippen LogP contribution in [0.15, 0.2) is 36.4 Å². The van der Waals surface area contributed by atoms with Crippen LogP contribution in [-0.4, -0.2) is 59.6 Å². The van der Waals surface area contributed by atoms with Crippen LogP contribution in [0.5, 0.6) is 11.5 Å². The maximum Gasteiger partial charge on any atom is 0.337 e. The first-order valence-corrected chi connectivity index (χ1v) is 11.3. The number of carbonyl (C=O) groups is 3. The molecule has 0 atom stereocenters. The summed E-state index contributed by atoms with van der Waals surface area (Å²) in [7, 11) is -1.50. The molecule has 33 heavy (non-hydrogen) atoms. The first kappa shape index (κ1) is 23.9. The van der Waals surface area contributed by atoms with E-state index in [0.29, 0.717) is 11.5 Å². The number of nitrogens with one attached hydrogen (secondary N) is 1. The molecule has 3 rings (SSSR count). The molecule has 11 nitrogen and oxygen atoms in total. The van der Waals surface area contributed by atoms with E-state index in [-0.39, 0.29) is 35.0 Å². The summed E-state index contributed by atoms with van der Waals surface area (Å²) in [6.45, 7) is 0.903. The van der Waals surface area contributed by atoms with E-state index in [9.17, 15) is 22.8 Å². The van der Waals surface area contributed by atoms with Crippen LogP contribution in [0.1, 0.15) is 27.6 Å². The van der Waals surface area contributed by atoms with Gasteiger partial charge in [0.1, 0.15) is 6.54 Å². The number of anilines is 2. The Morgan fingerprint density at radius 2 is 1.58 bits per heavy atom. The Balaban J connectivity index is 1.89. The topological polar surface area (TPSA) is 138 Å². The zero-order valence-corrected chi connectivity index (χ0v) is 18.9. The Kier molecular flexibility index (Phi) is 7.07. The van der Waals surface area contributed by atoms with Crippen LogP contribution in [0.25, 0.3) is 0 Å². The number of methoxy groups -OCH3 is 2. The van der Waals surface area contributed by atoms with Crippen LogP contribution in [-0.2, 0) is 24.3 Å². The summed E-state index contributed by atoms with van der Waals surface area (Å²) in [4.78, 5) is 36.7. The van der Waals surface area contributed by atoms with E-state index in [2.05, 4.69) is 14.8 Å². The highest BCUT2D eigenvalue weighted by Crippen LogP contribution is 2.36. The summed E-state index contributed by atoms with van der Waals surface area (Å²) < 4.78 is 46.2. The molecule has 2 aromatic carbocycles. The van der Waals surface area contributed by atoms with Crippen molar-refractivity contribution >= 4 is 39.2 Å². The number of carbonyl (C=O) groups excluding carboxylic acids is 3. The number of ether oxygens (including phenoxy) is 4. The molecule has 1 amide bonds. The maximum absolute atomic E-state index is 12.8. The third kappa shape index (κ3) is 5.34. The van der Waals surface area contributed by atoms with Crippen molar-refractivity contribution in [2.45, 2.75) is 6.92 Å². The van der Waals surface area contributed by atoms with Gasteiger partial charge < -0.3 is 24.3 Å². The van der Waals surface area contributed by atoms with Crippen molar-refractivity contribution in [1.82, 2.24) is 0 Å². The van der Waals surface area contributed by atoms with Crippen molar-refractivity contribution in [1.29, 1.82) is 0 Å². The molecule has 0 unspecified atom stereocenters. The number of fused-ring (bicyclic) bond motifs is 1. The molecule has 0 bridgehead atoms. The average Bonchev–Trinajstić information content (AvgIpc) is 3.29. The van der Waals surface area contributed by atoms with Gasteiger partial charge in [0, 0.05) is 11.8 Å². The van der Waals surface area contributed by atoms with E-state index in [1.807, 2.05) is 0 Å². The molecule has 1 aliphatic rings. The molecule has 0 saturated heterocycles. The van der Waals surface area contributed by atoms with Gasteiger partial charge in [0.2, 0.25) is 22.7 Å². The third-order valence-electron chi connectivity index (χ3n) is 4.69. The Hall–Kier alpha value is -3.80. The predicted octanol–water partition coefficient (Wildman–Crippen LogP) is 1.78. The first-order valence-electron chi connectivity index (χ1n) is 9.70. The highest BCUT2D eigenvalue weighted by molar-refractivity contribution is 7.92.